The molecule has 3 aromatic rings. The zero-order valence-electron chi connectivity index (χ0n) is 18.7. The summed E-state index contributed by atoms with van der Waals surface area (Å²) < 4.78 is 26.9. The zero-order chi connectivity index (χ0) is 23.7. The largest absolute Gasteiger partial charge is 0.497 e. The number of amides is 2. The number of carbonyl (C=O) groups is 2. The second-order valence-electron chi connectivity index (χ2n) is 8.20. The van der Waals surface area contributed by atoms with Crippen LogP contribution in [0.1, 0.15) is 38.2 Å². The fourth-order valence-corrected chi connectivity index (χ4v) is 4.27. The summed E-state index contributed by atoms with van der Waals surface area (Å²) in [5.41, 5.74) is 1.94. The second kappa shape index (κ2) is 9.22. The molecule has 1 saturated heterocycles. The van der Waals surface area contributed by atoms with E-state index >= 15 is 0 Å². The molecule has 0 N–H and O–H groups in total. The Balaban J connectivity index is 1.23. The van der Waals surface area contributed by atoms with Crippen molar-refractivity contribution in [3.8, 4) is 5.75 Å². The van der Waals surface area contributed by atoms with E-state index < -0.39 is 5.82 Å². The third-order valence-electron chi connectivity index (χ3n) is 6.25. The van der Waals surface area contributed by atoms with Crippen LogP contribution in [0.4, 0.5) is 4.39 Å². The molecule has 0 saturated carbocycles. The number of nitrogens with zero attached hydrogens (tertiary/aromatic N) is 5. The summed E-state index contributed by atoms with van der Waals surface area (Å²) in [6, 6.07) is 13.6. The van der Waals surface area contributed by atoms with Gasteiger partial charge in [0.25, 0.3) is 11.8 Å². The highest BCUT2D eigenvalue weighted by Crippen LogP contribution is 2.28. The first-order chi connectivity index (χ1) is 16.5. The molecular formula is C24H24FN5O4. The molecule has 1 aromatic heterocycles. The smallest absolute Gasteiger partial charge is 0.276 e. The van der Waals surface area contributed by atoms with Gasteiger partial charge >= 0.3 is 0 Å². The summed E-state index contributed by atoms with van der Waals surface area (Å²) in [5, 5.41) is 8.32. The summed E-state index contributed by atoms with van der Waals surface area (Å²) >= 11 is 0. The number of aromatic nitrogens is 3. The molecule has 2 aliphatic heterocycles. The Kier molecular flexibility index (Phi) is 5.97. The molecule has 2 aromatic carbocycles. The maximum atomic E-state index is 14.0. The van der Waals surface area contributed by atoms with Crippen molar-refractivity contribution in [1.82, 2.24) is 24.8 Å². The minimum Gasteiger partial charge on any atom is -0.497 e. The van der Waals surface area contributed by atoms with E-state index in [1.54, 1.807) is 33.7 Å². The highest BCUT2D eigenvalue weighted by Gasteiger charge is 2.32. The Bertz CT molecular complexity index is 1200. The maximum absolute atomic E-state index is 14.0. The summed E-state index contributed by atoms with van der Waals surface area (Å²) in [6.07, 6.45) is -0.198. The molecule has 2 aliphatic rings. The van der Waals surface area contributed by atoms with Gasteiger partial charge in [0.15, 0.2) is 5.69 Å². The molecule has 0 bridgehead atoms. The van der Waals surface area contributed by atoms with Crippen LogP contribution < -0.4 is 4.74 Å². The zero-order valence-corrected chi connectivity index (χ0v) is 18.7. The van der Waals surface area contributed by atoms with Crippen molar-refractivity contribution in [2.24, 2.45) is 0 Å². The first-order valence-corrected chi connectivity index (χ1v) is 11.1. The van der Waals surface area contributed by atoms with Crippen LogP contribution in [-0.4, -0.2) is 69.9 Å². The van der Waals surface area contributed by atoms with Crippen LogP contribution in [-0.2, 0) is 17.9 Å². The van der Waals surface area contributed by atoms with Crippen LogP contribution in [0.15, 0.2) is 48.5 Å². The minimum absolute atomic E-state index is 0.0400. The minimum atomic E-state index is -0.547. The molecule has 1 fully saturated rings. The predicted octanol–water partition coefficient (Wildman–Crippen LogP) is 2.30. The van der Waals surface area contributed by atoms with Crippen molar-refractivity contribution in [2.45, 2.75) is 19.3 Å². The Morgan fingerprint density at radius 2 is 1.68 bits per heavy atom. The number of halogens is 1. The van der Waals surface area contributed by atoms with E-state index in [-0.39, 0.29) is 35.8 Å². The highest BCUT2D eigenvalue weighted by molar-refractivity contribution is 5.95. The molecule has 0 unspecified atom stereocenters. The molecule has 34 heavy (non-hydrogen) atoms. The van der Waals surface area contributed by atoms with Crippen molar-refractivity contribution in [3.05, 3.63) is 76.9 Å². The van der Waals surface area contributed by atoms with Gasteiger partial charge in [0.2, 0.25) is 0 Å². The van der Waals surface area contributed by atoms with Gasteiger partial charge in [-0.3, -0.25) is 9.59 Å². The van der Waals surface area contributed by atoms with E-state index in [1.165, 1.54) is 12.1 Å². The van der Waals surface area contributed by atoms with Gasteiger partial charge in [-0.05, 0) is 29.8 Å². The first kappa shape index (κ1) is 22.0. The van der Waals surface area contributed by atoms with Crippen molar-refractivity contribution in [2.75, 3.05) is 33.3 Å². The summed E-state index contributed by atoms with van der Waals surface area (Å²) in [5.74, 6) is -0.394. The van der Waals surface area contributed by atoms with Crippen LogP contribution in [0, 0.1) is 5.82 Å². The molecule has 5 rings (SSSR count). The first-order valence-electron chi connectivity index (χ1n) is 11.1. The Morgan fingerprint density at radius 3 is 2.35 bits per heavy atom. The summed E-state index contributed by atoms with van der Waals surface area (Å²) in [6.45, 7) is 1.97. The van der Waals surface area contributed by atoms with Gasteiger partial charge in [0.1, 0.15) is 17.7 Å². The Labute approximate surface area is 195 Å². The lowest BCUT2D eigenvalue weighted by molar-refractivity contribution is -0.00204. The quantitative estimate of drug-likeness (QED) is 0.588. The third-order valence-corrected chi connectivity index (χ3v) is 6.25. The fraction of sp³-hybridized carbons (Fsp3) is 0.333. The lowest BCUT2D eigenvalue weighted by Crippen LogP contribution is -2.51. The van der Waals surface area contributed by atoms with Crippen LogP contribution in [0.3, 0.4) is 0 Å². The number of hydrogen-bond donors (Lipinski definition) is 0. The van der Waals surface area contributed by atoms with Gasteiger partial charge in [0, 0.05) is 26.2 Å². The third kappa shape index (κ3) is 4.12. The Hall–Kier alpha value is -3.79. The number of hydrogen-bond acceptors (Lipinski definition) is 6. The molecule has 10 heteroatoms. The average molecular weight is 465 g/mol. The van der Waals surface area contributed by atoms with Gasteiger partial charge in [-0.15, -0.1) is 5.10 Å². The van der Waals surface area contributed by atoms with Crippen molar-refractivity contribution in [1.29, 1.82) is 0 Å². The van der Waals surface area contributed by atoms with E-state index in [0.717, 1.165) is 11.3 Å². The van der Waals surface area contributed by atoms with E-state index in [1.807, 2.05) is 24.3 Å². The van der Waals surface area contributed by atoms with E-state index in [9.17, 15) is 14.0 Å². The van der Waals surface area contributed by atoms with Gasteiger partial charge in [-0.2, -0.15) is 0 Å². The molecule has 0 aliphatic carbocycles. The number of ether oxygens (including phenoxy) is 2. The molecule has 2 amide bonds. The summed E-state index contributed by atoms with van der Waals surface area (Å²) in [4.78, 5) is 29.0. The van der Waals surface area contributed by atoms with Crippen molar-refractivity contribution >= 4 is 11.8 Å². The number of methoxy groups -OCH3 is 1. The average Bonchev–Trinajstić information content (AvgIpc) is 3.31. The van der Waals surface area contributed by atoms with Gasteiger partial charge < -0.3 is 19.3 Å². The van der Waals surface area contributed by atoms with E-state index in [4.69, 9.17) is 9.47 Å². The highest BCUT2D eigenvalue weighted by atomic mass is 19.1. The number of benzene rings is 2. The van der Waals surface area contributed by atoms with E-state index in [2.05, 4.69) is 10.3 Å². The van der Waals surface area contributed by atoms with E-state index in [0.29, 0.717) is 38.4 Å². The molecule has 9 nitrogen and oxygen atoms in total. The lowest BCUT2D eigenvalue weighted by Gasteiger charge is -2.34. The standard InChI is InChI=1S/C24H24FN5O4/c1-33-17-8-6-16(7-9-17)21-14-30-20(15-34-21)22(26-27-30)24(32)29-12-10-28(11-13-29)23(31)18-4-2-3-5-19(18)25/h2-9,21H,10-15H2,1H3/t21-/m1/s1. The van der Waals surface area contributed by atoms with Crippen molar-refractivity contribution < 1.29 is 23.5 Å². The predicted molar refractivity (Wildman–Crippen MR) is 119 cm³/mol. The topological polar surface area (TPSA) is 89.8 Å². The SMILES string of the molecule is COc1ccc([C@H]2Cn3nnc(C(=O)N4CCN(C(=O)c5ccccc5F)CC4)c3CO2)cc1. The second-order valence-corrected chi connectivity index (χ2v) is 8.20. The molecule has 1 atom stereocenters. The van der Waals surface area contributed by atoms with Gasteiger partial charge in [0.05, 0.1) is 31.5 Å². The lowest BCUT2D eigenvalue weighted by atomic mass is 10.1. The van der Waals surface area contributed by atoms with Gasteiger partial charge in [-0.25, -0.2) is 9.07 Å². The summed E-state index contributed by atoms with van der Waals surface area (Å²) in [7, 11) is 1.62. The van der Waals surface area contributed by atoms with Gasteiger partial charge in [-0.1, -0.05) is 29.5 Å². The number of carbonyl (C=O) groups excluding carboxylic acids is 2. The van der Waals surface area contributed by atoms with Crippen LogP contribution in [0.5, 0.6) is 5.75 Å². The fourth-order valence-electron chi connectivity index (χ4n) is 4.27. The molecule has 3 heterocycles. The number of fused-ring (bicyclic) bond motifs is 1. The monoisotopic (exact) mass is 465 g/mol. The van der Waals surface area contributed by atoms with Crippen LogP contribution in [0.25, 0.3) is 0 Å². The Morgan fingerprint density at radius 1 is 1.00 bits per heavy atom. The maximum Gasteiger partial charge on any atom is 0.276 e. The van der Waals surface area contributed by atoms with Crippen LogP contribution in [0.2, 0.25) is 0 Å². The normalized spacial score (nSPS) is 17.9. The van der Waals surface area contributed by atoms with Crippen molar-refractivity contribution in [3.63, 3.8) is 0 Å². The molecule has 0 radical (unpaired) electrons. The number of piperazine rings is 1. The molecular weight excluding hydrogens is 441 g/mol. The van der Waals surface area contributed by atoms with Crippen LogP contribution >= 0.6 is 0 Å². The molecule has 176 valence electrons. The number of rotatable bonds is 4. The molecule has 0 spiro atoms.